The first-order valence-corrected chi connectivity index (χ1v) is 16.6. The van der Waals surface area contributed by atoms with Gasteiger partial charge in [0.2, 0.25) is 0 Å². The zero-order chi connectivity index (χ0) is 33.2. The van der Waals surface area contributed by atoms with Crippen molar-refractivity contribution >= 4 is 45.3 Å². The number of aryl methyl sites for hydroxylation is 1. The maximum Gasteiger partial charge on any atom is 0.410 e. The lowest BCUT2D eigenvalue weighted by atomic mass is 9.72. The molecule has 0 bridgehead atoms. The Kier molecular flexibility index (Phi) is 7.96. The molecule has 2 unspecified atom stereocenters. The summed E-state index contributed by atoms with van der Waals surface area (Å²) in [6.07, 6.45) is 3.21. The summed E-state index contributed by atoms with van der Waals surface area (Å²) < 4.78 is 28.5. The van der Waals surface area contributed by atoms with Crippen LogP contribution in [0.5, 0.6) is 6.01 Å². The van der Waals surface area contributed by atoms with E-state index in [1.54, 1.807) is 17.2 Å². The average molecular weight is 666 g/mol. The Morgan fingerprint density at radius 2 is 1.89 bits per heavy atom. The summed E-state index contributed by atoms with van der Waals surface area (Å²) >= 11 is 6.92. The quantitative estimate of drug-likeness (QED) is 0.274. The maximum atomic E-state index is 16.9. The molecule has 3 saturated heterocycles. The predicted molar refractivity (Wildman–Crippen MR) is 178 cm³/mol. The third-order valence-corrected chi connectivity index (χ3v) is 10.2. The lowest BCUT2D eigenvalue weighted by molar-refractivity contribution is -0.0434. The minimum absolute atomic E-state index is 0.0110. The molecule has 0 radical (unpaired) electrons. The number of aliphatic hydroxyl groups excluding tert-OH is 1. The molecule has 1 spiro atoms. The number of halogens is 2. The summed E-state index contributed by atoms with van der Waals surface area (Å²) in [6.45, 7) is 11.1. The number of fused-ring (bicyclic) bond motifs is 2. The van der Waals surface area contributed by atoms with E-state index in [4.69, 9.17) is 26.1 Å². The van der Waals surface area contributed by atoms with Crippen LogP contribution in [0.4, 0.5) is 15.0 Å². The number of hydrogen-bond acceptors (Lipinski definition) is 9. The molecule has 2 aromatic carbocycles. The minimum atomic E-state index is -0.628. The molecule has 7 rings (SSSR count). The van der Waals surface area contributed by atoms with Gasteiger partial charge in [0.05, 0.1) is 23.3 Å². The summed E-state index contributed by atoms with van der Waals surface area (Å²) in [4.78, 5) is 27.8. The number of amides is 1. The standard InChI is InChI=1S/C34H41ClFN7O4/c1-19-6-7-24-22(15-37-40-24)25(19)26-23(35)14-21-28(27(26)36)38-31(46-16-20-8-11-41(5)30(20)44)39-29(21)42-12-9-34(10-13-42)17-43(18-34)32(45)47-33(2,3)4/h6-7,14-15,20,30,44H,8-13,16-18H2,1-5H3,(H,37,40). The van der Waals surface area contributed by atoms with Crippen molar-refractivity contribution in [1.29, 1.82) is 0 Å². The van der Waals surface area contributed by atoms with Crippen molar-refractivity contribution in [2.24, 2.45) is 11.3 Å². The van der Waals surface area contributed by atoms with E-state index in [9.17, 15) is 9.90 Å². The highest BCUT2D eigenvalue weighted by atomic mass is 35.5. The molecular formula is C34H41ClFN7O4. The van der Waals surface area contributed by atoms with Gasteiger partial charge in [0.15, 0.2) is 5.82 Å². The molecule has 4 aromatic rings. The van der Waals surface area contributed by atoms with E-state index >= 15 is 4.39 Å². The van der Waals surface area contributed by atoms with Crippen LogP contribution in [0.1, 0.15) is 45.6 Å². The zero-order valence-corrected chi connectivity index (χ0v) is 28.2. The minimum Gasteiger partial charge on any atom is -0.463 e. The van der Waals surface area contributed by atoms with E-state index in [1.165, 1.54) is 0 Å². The van der Waals surface area contributed by atoms with Crippen LogP contribution in [-0.2, 0) is 4.74 Å². The van der Waals surface area contributed by atoms with Gasteiger partial charge in [-0.05, 0) is 71.7 Å². The van der Waals surface area contributed by atoms with Crippen molar-refractivity contribution in [1.82, 2.24) is 30.0 Å². The molecule has 5 heterocycles. The Morgan fingerprint density at radius 1 is 1.15 bits per heavy atom. The van der Waals surface area contributed by atoms with Crippen LogP contribution in [-0.4, -0.2) is 99.4 Å². The third-order valence-electron chi connectivity index (χ3n) is 9.91. The molecule has 11 nitrogen and oxygen atoms in total. The smallest absolute Gasteiger partial charge is 0.410 e. The number of anilines is 1. The summed E-state index contributed by atoms with van der Waals surface area (Å²) in [5, 5.41) is 19.2. The maximum absolute atomic E-state index is 16.9. The van der Waals surface area contributed by atoms with Crippen LogP contribution in [0, 0.1) is 24.1 Å². The van der Waals surface area contributed by atoms with Crippen LogP contribution in [0.25, 0.3) is 32.9 Å². The third kappa shape index (κ3) is 5.84. The highest BCUT2D eigenvalue weighted by molar-refractivity contribution is 6.35. The Labute approximate surface area is 278 Å². The average Bonchev–Trinajstić information content (AvgIpc) is 3.61. The first-order valence-electron chi connectivity index (χ1n) is 16.2. The number of aliphatic hydroxyl groups is 1. The molecular weight excluding hydrogens is 625 g/mol. The number of carbonyl (C=O) groups excluding carboxylic acids is 1. The molecule has 2 atom stereocenters. The number of aromatic amines is 1. The van der Waals surface area contributed by atoms with E-state index < -0.39 is 17.6 Å². The van der Waals surface area contributed by atoms with E-state index in [2.05, 4.69) is 20.1 Å². The molecule has 3 aliphatic rings. The number of rotatable bonds is 5. The van der Waals surface area contributed by atoms with E-state index in [-0.39, 0.29) is 46.1 Å². The number of aromatic nitrogens is 4. The van der Waals surface area contributed by atoms with Gasteiger partial charge in [-0.1, -0.05) is 17.7 Å². The number of hydrogen-bond donors (Lipinski definition) is 2. The number of benzene rings is 2. The lowest BCUT2D eigenvalue weighted by Gasteiger charge is -2.53. The molecule has 3 aliphatic heterocycles. The molecule has 250 valence electrons. The van der Waals surface area contributed by atoms with Gasteiger partial charge in [0, 0.05) is 66.0 Å². The molecule has 2 aromatic heterocycles. The summed E-state index contributed by atoms with van der Waals surface area (Å²) in [7, 11) is 1.87. The Hall–Kier alpha value is -3.74. The fourth-order valence-corrected chi connectivity index (χ4v) is 7.53. The fraction of sp³-hybridized carbons (Fsp3) is 0.529. The SMILES string of the molecule is Cc1ccc2[nH]ncc2c1-c1c(Cl)cc2c(N3CCC4(CC3)CN(C(=O)OC(C)(C)C)C4)nc(OCC3CCN(C)C3O)nc2c1F. The zero-order valence-electron chi connectivity index (χ0n) is 27.4. The first kappa shape index (κ1) is 31.8. The second kappa shape index (κ2) is 11.7. The normalized spacial score (nSPS) is 21.5. The highest BCUT2D eigenvalue weighted by Gasteiger charge is 2.48. The second-order valence-electron chi connectivity index (χ2n) is 14.4. The van der Waals surface area contributed by atoms with Gasteiger partial charge in [-0.2, -0.15) is 15.1 Å². The summed E-state index contributed by atoms with van der Waals surface area (Å²) in [5.41, 5.74) is 2.12. The van der Waals surface area contributed by atoms with Crippen molar-refractivity contribution in [2.75, 3.05) is 51.3 Å². The number of likely N-dealkylation sites (tertiary alicyclic amines) is 2. The molecule has 0 aliphatic carbocycles. The largest absolute Gasteiger partial charge is 0.463 e. The van der Waals surface area contributed by atoms with Crippen LogP contribution in [0.15, 0.2) is 24.4 Å². The molecule has 3 fully saturated rings. The molecule has 0 saturated carbocycles. The van der Waals surface area contributed by atoms with E-state index in [1.807, 2.05) is 51.8 Å². The number of nitrogens with one attached hydrogen (secondary N) is 1. The van der Waals surface area contributed by atoms with Crippen molar-refractivity contribution in [3.8, 4) is 17.1 Å². The predicted octanol–water partition coefficient (Wildman–Crippen LogP) is 5.76. The fourth-order valence-electron chi connectivity index (χ4n) is 7.24. The Bertz CT molecular complexity index is 1840. The van der Waals surface area contributed by atoms with Crippen LogP contribution in [0.2, 0.25) is 5.02 Å². The molecule has 2 N–H and O–H groups in total. The Balaban J connectivity index is 1.22. The first-order chi connectivity index (χ1) is 22.3. The van der Waals surface area contributed by atoms with Crippen molar-refractivity contribution in [3.05, 3.63) is 40.8 Å². The lowest BCUT2D eigenvalue weighted by Crippen LogP contribution is -2.62. The summed E-state index contributed by atoms with van der Waals surface area (Å²) in [5.74, 6) is -0.118. The van der Waals surface area contributed by atoms with Crippen LogP contribution < -0.4 is 9.64 Å². The van der Waals surface area contributed by atoms with Gasteiger partial charge in [0.1, 0.15) is 23.2 Å². The number of piperidine rings is 1. The van der Waals surface area contributed by atoms with Gasteiger partial charge < -0.3 is 24.4 Å². The number of H-pyrrole nitrogens is 1. The van der Waals surface area contributed by atoms with Crippen molar-refractivity contribution < 1.29 is 23.8 Å². The van der Waals surface area contributed by atoms with Crippen molar-refractivity contribution in [2.45, 2.75) is 58.8 Å². The van der Waals surface area contributed by atoms with Gasteiger partial charge in [-0.25, -0.2) is 9.18 Å². The monoisotopic (exact) mass is 665 g/mol. The van der Waals surface area contributed by atoms with E-state index in [0.29, 0.717) is 42.9 Å². The van der Waals surface area contributed by atoms with Gasteiger partial charge in [-0.15, -0.1) is 0 Å². The van der Waals surface area contributed by atoms with Gasteiger partial charge >= 0.3 is 12.1 Å². The number of ether oxygens (including phenoxy) is 2. The number of carbonyl (C=O) groups is 1. The van der Waals surface area contributed by atoms with Crippen molar-refractivity contribution in [3.63, 3.8) is 0 Å². The topological polar surface area (TPSA) is 120 Å². The van der Waals surface area contributed by atoms with Gasteiger partial charge in [0.25, 0.3) is 0 Å². The Morgan fingerprint density at radius 3 is 2.57 bits per heavy atom. The van der Waals surface area contributed by atoms with Crippen LogP contribution in [0.3, 0.4) is 0 Å². The molecule has 1 amide bonds. The van der Waals surface area contributed by atoms with Gasteiger partial charge in [-0.3, -0.25) is 10.00 Å². The van der Waals surface area contributed by atoms with E-state index in [0.717, 1.165) is 42.3 Å². The number of nitrogens with zero attached hydrogens (tertiary/aromatic N) is 6. The highest BCUT2D eigenvalue weighted by Crippen LogP contribution is 2.45. The summed E-state index contributed by atoms with van der Waals surface area (Å²) in [6, 6.07) is 5.63. The second-order valence-corrected chi connectivity index (χ2v) is 14.8. The molecule has 13 heteroatoms. The molecule has 47 heavy (non-hydrogen) atoms. The van der Waals surface area contributed by atoms with Crippen LogP contribution >= 0.6 is 11.6 Å².